The number of pyridine rings is 1. The van der Waals surface area contributed by atoms with Crippen molar-refractivity contribution < 1.29 is 4.79 Å². The normalized spacial score (nSPS) is 9.92. The van der Waals surface area contributed by atoms with E-state index in [9.17, 15) is 4.79 Å². The number of carbonyl (C=O) groups excluding carboxylic acids is 1. The summed E-state index contributed by atoms with van der Waals surface area (Å²) >= 11 is 0. The molecule has 122 valence electrons. The monoisotopic (exact) mass is 328 g/mol. The highest BCUT2D eigenvalue weighted by atomic mass is 16.2. The highest BCUT2D eigenvalue weighted by Gasteiger charge is 2.14. The van der Waals surface area contributed by atoms with Crippen LogP contribution in [0.5, 0.6) is 0 Å². The van der Waals surface area contributed by atoms with Crippen LogP contribution in [0.15, 0.2) is 72.9 Å². The van der Waals surface area contributed by atoms with Gasteiger partial charge >= 0.3 is 0 Å². The molecule has 0 aliphatic carbocycles. The molecule has 1 aromatic heterocycles. The fourth-order valence-electron chi connectivity index (χ4n) is 2.33. The molecule has 3 rings (SSSR count). The van der Waals surface area contributed by atoms with Crippen LogP contribution in [0.25, 0.3) is 0 Å². The number of aromatic nitrogens is 1. The Hall–Kier alpha value is -3.65. The Balaban J connectivity index is 1.71. The van der Waals surface area contributed by atoms with E-state index in [1.54, 1.807) is 42.4 Å². The summed E-state index contributed by atoms with van der Waals surface area (Å²) in [6.07, 6.45) is 1.62. The molecular weight excluding hydrogens is 312 g/mol. The molecule has 1 amide bonds. The number of nitrogens with zero attached hydrogens (tertiary/aromatic N) is 3. The number of rotatable bonds is 4. The third-order valence-corrected chi connectivity index (χ3v) is 3.73. The molecule has 0 aliphatic heterocycles. The molecule has 0 atom stereocenters. The minimum atomic E-state index is -0.170. The summed E-state index contributed by atoms with van der Waals surface area (Å²) in [5.74, 6) is -0.170. The zero-order valence-corrected chi connectivity index (χ0v) is 13.7. The van der Waals surface area contributed by atoms with Gasteiger partial charge in [-0.3, -0.25) is 4.79 Å². The molecule has 1 N–H and O–H groups in total. The van der Waals surface area contributed by atoms with Crippen LogP contribution in [0.1, 0.15) is 16.1 Å². The van der Waals surface area contributed by atoms with Crippen LogP contribution in [-0.4, -0.2) is 17.9 Å². The minimum Gasteiger partial charge on any atom is -0.354 e. The number of hydrogen-bond acceptors (Lipinski definition) is 4. The van der Waals surface area contributed by atoms with E-state index in [2.05, 4.69) is 16.4 Å². The van der Waals surface area contributed by atoms with Crippen LogP contribution in [0.4, 0.5) is 17.1 Å². The van der Waals surface area contributed by atoms with Crippen LogP contribution >= 0.6 is 0 Å². The lowest BCUT2D eigenvalue weighted by atomic mass is 10.2. The summed E-state index contributed by atoms with van der Waals surface area (Å²) in [5, 5.41) is 12.0. The molecular formula is C20H16N4O. The standard InChI is InChI=1S/C20H16N4O/c1-24(18-5-3-2-4-6-18)20(25)19-12-11-17(14-22-19)23-16-9-7-15(13-21)8-10-16/h2-12,14,23H,1H3. The van der Waals surface area contributed by atoms with Gasteiger partial charge in [0.1, 0.15) is 5.69 Å². The molecule has 0 bridgehead atoms. The van der Waals surface area contributed by atoms with E-state index in [-0.39, 0.29) is 5.91 Å². The van der Waals surface area contributed by atoms with Gasteiger partial charge in [-0.1, -0.05) is 18.2 Å². The molecule has 1 heterocycles. The minimum absolute atomic E-state index is 0.170. The van der Waals surface area contributed by atoms with E-state index in [4.69, 9.17) is 5.26 Å². The van der Waals surface area contributed by atoms with Crippen LogP contribution in [-0.2, 0) is 0 Å². The number of hydrogen-bond donors (Lipinski definition) is 1. The van der Waals surface area contributed by atoms with E-state index >= 15 is 0 Å². The predicted octanol–water partition coefficient (Wildman–Crippen LogP) is 3.97. The molecule has 0 radical (unpaired) electrons. The summed E-state index contributed by atoms with van der Waals surface area (Å²) in [6, 6.07) is 22.1. The first-order chi connectivity index (χ1) is 12.2. The van der Waals surface area contributed by atoms with Crippen LogP contribution < -0.4 is 10.2 Å². The maximum absolute atomic E-state index is 12.5. The summed E-state index contributed by atoms with van der Waals surface area (Å²) in [4.78, 5) is 18.3. The average Bonchev–Trinajstić information content (AvgIpc) is 2.69. The van der Waals surface area contributed by atoms with Gasteiger partial charge in [0.05, 0.1) is 23.5 Å². The first kappa shape index (κ1) is 16.2. The Morgan fingerprint density at radius 1 is 1.00 bits per heavy atom. The first-order valence-corrected chi connectivity index (χ1v) is 7.74. The molecule has 3 aromatic rings. The van der Waals surface area contributed by atoms with E-state index in [0.717, 1.165) is 17.1 Å². The van der Waals surface area contributed by atoms with Gasteiger partial charge in [0, 0.05) is 18.4 Å². The molecule has 25 heavy (non-hydrogen) atoms. The van der Waals surface area contributed by atoms with Gasteiger partial charge in [0.2, 0.25) is 0 Å². The fraction of sp³-hybridized carbons (Fsp3) is 0.0500. The Morgan fingerprint density at radius 2 is 1.68 bits per heavy atom. The lowest BCUT2D eigenvalue weighted by molar-refractivity contribution is 0.0988. The Labute approximate surface area is 146 Å². The second-order valence-corrected chi connectivity index (χ2v) is 5.45. The number of anilines is 3. The molecule has 0 saturated carbocycles. The first-order valence-electron chi connectivity index (χ1n) is 7.74. The summed E-state index contributed by atoms with van der Waals surface area (Å²) in [6.45, 7) is 0. The average molecular weight is 328 g/mol. The topological polar surface area (TPSA) is 69.0 Å². The highest BCUT2D eigenvalue weighted by molar-refractivity contribution is 6.04. The van der Waals surface area contributed by atoms with E-state index in [1.807, 2.05) is 42.5 Å². The van der Waals surface area contributed by atoms with Crippen LogP contribution in [0, 0.1) is 11.3 Å². The van der Waals surface area contributed by atoms with Gasteiger partial charge in [-0.25, -0.2) is 4.98 Å². The van der Waals surface area contributed by atoms with Gasteiger partial charge in [0.15, 0.2) is 0 Å². The molecule has 0 saturated heterocycles. The number of para-hydroxylation sites is 1. The quantitative estimate of drug-likeness (QED) is 0.786. The summed E-state index contributed by atoms with van der Waals surface area (Å²) < 4.78 is 0. The van der Waals surface area contributed by atoms with Crippen molar-refractivity contribution in [2.45, 2.75) is 0 Å². The van der Waals surface area contributed by atoms with Crippen LogP contribution in [0.2, 0.25) is 0 Å². The molecule has 0 fully saturated rings. The number of nitriles is 1. The lowest BCUT2D eigenvalue weighted by Gasteiger charge is -2.16. The van der Waals surface area contributed by atoms with Crippen molar-refractivity contribution in [3.05, 3.63) is 84.2 Å². The van der Waals surface area contributed by atoms with E-state index in [1.165, 1.54) is 0 Å². The van der Waals surface area contributed by atoms with Gasteiger partial charge < -0.3 is 10.2 Å². The lowest BCUT2D eigenvalue weighted by Crippen LogP contribution is -2.26. The Kier molecular flexibility index (Phi) is 4.72. The van der Waals surface area contributed by atoms with Crippen molar-refractivity contribution >= 4 is 23.0 Å². The third-order valence-electron chi connectivity index (χ3n) is 3.73. The van der Waals surface area contributed by atoms with Gasteiger partial charge in [0.25, 0.3) is 5.91 Å². The fourth-order valence-corrected chi connectivity index (χ4v) is 2.33. The van der Waals surface area contributed by atoms with Crippen molar-refractivity contribution in [3.63, 3.8) is 0 Å². The molecule has 2 aromatic carbocycles. The van der Waals surface area contributed by atoms with Gasteiger partial charge in [-0.05, 0) is 48.5 Å². The number of nitrogens with one attached hydrogen (secondary N) is 1. The largest absolute Gasteiger partial charge is 0.354 e. The van der Waals surface area contributed by atoms with Gasteiger partial charge in [-0.15, -0.1) is 0 Å². The Bertz CT molecular complexity index is 897. The molecule has 0 aliphatic rings. The second-order valence-electron chi connectivity index (χ2n) is 5.45. The van der Waals surface area contributed by atoms with Crippen molar-refractivity contribution in [1.29, 1.82) is 5.26 Å². The number of carbonyl (C=O) groups is 1. The number of amides is 1. The molecule has 5 nitrogen and oxygen atoms in total. The van der Waals surface area contributed by atoms with Crippen molar-refractivity contribution in [2.24, 2.45) is 0 Å². The Morgan fingerprint density at radius 3 is 2.28 bits per heavy atom. The van der Waals surface area contributed by atoms with E-state index in [0.29, 0.717) is 11.3 Å². The van der Waals surface area contributed by atoms with Crippen molar-refractivity contribution in [2.75, 3.05) is 17.3 Å². The summed E-state index contributed by atoms with van der Waals surface area (Å²) in [7, 11) is 1.72. The highest BCUT2D eigenvalue weighted by Crippen LogP contribution is 2.18. The van der Waals surface area contributed by atoms with Gasteiger partial charge in [-0.2, -0.15) is 5.26 Å². The number of benzene rings is 2. The SMILES string of the molecule is CN(C(=O)c1ccc(Nc2ccc(C#N)cc2)cn1)c1ccccc1. The van der Waals surface area contributed by atoms with Crippen molar-refractivity contribution in [3.8, 4) is 6.07 Å². The zero-order valence-electron chi connectivity index (χ0n) is 13.7. The predicted molar refractivity (Wildman–Crippen MR) is 97.9 cm³/mol. The summed E-state index contributed by atoms with van der Waals surface area (Å²) in [5.41, 5.74) is 3.41. The zero-order chi connectivity index (χ0) is 17.6. The molecule has 0 spiro atoms. The third kappa shape index (κ3) is 3.82. The van der Waals surface area contributed by atoms with Crippen molar-refractivity contribution in [1.82, 2.24) is 4.98 Å². The smallest absolute Gasteiger partial charge is 0.276 e. The molecule has 5 heteroatoms. The second kappa shape index (κ2) is 7.28. The van der Waals surface area contributed by atoms with Crippen LogP contribution in [0.3, 0.4) is 0 Å². The maximum Gasteiger partial charge on any atom is 0.276 e. The maximum atomic E-state index is 12.5. The molecule has 0 unspecified atom stereocenters. The van der Waals surface area contributed by atoms with E-state index < -0.39 is 0 Å².